The minimum Gasteiger partial charge on any atom is -0.478 e. The first kappa shape index (κ1) is 17.1. The molecule has 0 unspecified atom stereocenters. The van der Waals surface area contributed by atoms with Crippen molar-refractivity contribution in [3.05, 3.63) is 70.1 Å². The summed E-state index contributed by atoms with van der Waals surface area (Å²) >= 11 is 5.77. The quantitative estimate of drug-likeness (QED) is 0.683. The third-order valence-electron chi connectivity index (χ3n) is 3.75. The normalized spacial score (nSPS) is 11.5. The topological polar surface area (TPSA) is 75.3 Å². The maximum atomic E-state index is 14.1. The van der Waals surface area contributed by atoms with Gasteiger partial charge in [-0.3, -0.25) is 4.68 Å². The summed E-state index contributed by atoms with van der Waals surface area (Å²) in [6.07, 6.45) is 2.38. The SMILES string of the molecule is O=C(O)/C=C/c1nn(Cc2ccc(Cl)cc2F)c2cc(CO)ccc12. The number of aliphatic hydroxyl groups is 1. The van der Waals surface area contributed by atoms with Gasteiger partial charge in [0.1, 0.15) is 5.82 Å². The smallest absolute Gasteiger partial charge is 0.328 e. The van der Waals surface area contributed by atoms with E-state index in [9.17, 15) is 14.3 Å². The van der Waals surface area contributed by atoms with Crippen molar-refractivity contribution < 1.29 is 19.4 Å². The molecule has 0 fully saturated rings. The highest BCUT2D eigenvalue weighted by molar-refractivity contribution is 6.30. The van der Waals surface area contributed by atoms with Gasteiger partial charge in [-0.1, -0.05) is 29.8 Å². The number of hydrogen-bond acceptors (Lipinski definition) is 3. The van der Waals surface area contributed by atoms with Gasteiger partial charge in [0.2, 0.25) is 0 Å². The zero-order valence-electron chi connectivity index (χ0n) is 13.0. The molecule has 3 rings (SSSR count). The highest BCUT2D eigenvalue weighted by Gasteiger charge is 2.12. The number of aromatic nitrogens is 2. The number of aliphatic hydroxyl groups excluding tert-OH is 1. The van der Waals surface area contributed by atoms with E-state index in [0.717, 1.165) is 6.08 Å². The molecule has 128 valence electrons. The molecule has 0 bridgehead atoms. The van der Waals surface area contributed by atoms with Gasteiger partial charge in [-0.25, -0.2) is 9.18 Å². The molecule has 0 amide bonds. The van der Waals surface area contributed by atoms with E-state index in [1.807, 2.05) is 0 Å². The number of carboxylic acid groups (broad SMARTS) is 1. The molecule has 7 heteroatoms. The summed E-state index contributed by atoms with van der Waals surface area (Å²) in [5.74, 6) is -1.53. The van der Waals surface area contributed by atoms with Crippen LogP contribution in [-0.4, -0.2) is 26.0 Å². The monoisotopic (exact) mass is 360 g/mol. The van der Waals surface area contributed by atoms with E-state index in [4.69, 9.17) is 16.7 Å². The number of hydrogen-bond donors (Lipinski definition) is 2. The van der Waals surface area contributed by atoms with Crippen molar-refractivity contribution in [3.8, 4) is 0 Å². The minimum absolute atomic E-state index is 0.142. The van der Waals surface area contributed by atoms with E-state index in [1.54, 1.807) is 35.0 Å². The predicted octanol–water partition coefficient (Wildman–Crippen LogP) is 3.47. The van der Waals surface area contributed by atoms with Gasteiger partial charge in [-0.15, -0.1) is 0 Å². The van der Waals surface area contributed by atoms with Crippen LogP contribution in [0.1, 0.15) is 16.8 Å². The van der Waals surface area contributed by atoms with E-state index in [-0.39, 0.29) is 13.2 Å². The molecule has 25 heavy (non-hydrogen) atoms. The van der Waals surface area contributed by atoms with Crippen molar-refractivity contribution in [2.45, 2.75) is 13.2 Å². The second kappa shape index (κ2) is 7.04. The number of halogens is 2. The van der Waals surface area contributed by atoms with Crippen LogP contribution < -0.4 is 0 Å². The molecular weight excluding hydrogens is 347 g/mol. The lowest BCUT2D eigenvalue weighted by Crippen LogP contribution is -2.04. The summed E-state index contributed by atoms with van der Waals surface area (Å²) in [5.41, 5.74) is 2.21. The van der Waals surface area contributed by atoms with Gasteiger partial charge in [-0.05, 0) is 29.8 Å². The highest BCUT2D eigenvalue weighted by Crippen LogP contribution is 2.24. The lowest BCUT2D eigenvalue weighted by atomic mass is 10.1. The number of aliphatic carboxylic acids is 1. The van der Waals surface area contributed by atoms with Gasteiger partial charge in [0.25, 0.3) is 0 Å². The Hall–Kier alpha value is -2.70. The van der Waals surface area contributed by atoms with Gasteiger partial charge < -0.3 is 10.2 Å². The van der Waals surface area contributed by atoms with E-state index in [0.29, 0.717) is 32.7 Å². The molecule has 0 atom stereocenters. The average molecular weight is 361 g/mol. The van der Waals surface area contributed by atoms with Crippen LogP contribution in [0.4, 0.5) is 4.39 Å². The molecular formula is C18H14ClFN2O3. The lowest BCUT2D eigenvalue weighted by Gasteiger charge is -2.06. The molecule has 3 aromatic rings. The zero-order valence-corrected chi connectivity index (χ0v) is 13.7. The molecule has 0 radical (unpaired) electrons. The number of rotatable bonds is 5. The number of carbonyl (C=O) groups is 1. The Morgan fingerprint density at radius 1 is 1.28 bits per heavy atom. The van der Waals surface area contributed by atoms with Crippen molar-refractivity contribution in [1.82, 2.24) is 9.78 Å². The van der Waals surface area contributed by atoms with Crippen molar-refractivity contribution in [1.29, 1.82) is 0 Å². The Morgan fingerprint density at radius 2 is 2.08 bits per heavy atom. The fraction of sp³-hybridized carbons (Fsp3) is 0.111. The van der Waals surface area contributed by atoms with E-state index in [1.165, 1.54) is 12.1 Å². The largest absolute Gasteiger partial charge is 0.478 e. The van der Waals surface area contributed by atoms with Gasteiger partial charge in [0, 0.05) is 22.0 Å². The molecule has 0 aliphatic heterocycles. The summed E-state index contributed by atoms with van der Waals surface area (Å²) in [7, 11) is 0. The average Bonchev–Trinajstić information content (AvgIpc) is 2.92. The lowest BCUT2D eigenvalue weighted by molar-refractivity contribution is -0.131. The molecule has 2 N–H and O–H groups in total. The fourth-order valence-electron chi connectivity index (χ4n) is 2.55. The van der Waals surface area contributed by atoms with E-state index in [2.05, 4.69) is 5.10 Å². The van der Waals surface area contributed by atoms with Gasteiger partial charge in [-0.2, -0.15) is 5.10 Å². The second-order valence-corrected chi connectivity index (χ2v) is 5.90. The first-order valence-electron chi connectivity index (χ1n) is 7.43. The molecule has 1 heterocycles. The minimum atomic E-state index is -1.08. The number of benzene rings is 2. The van der Waals surface area contributed by atoms with E-state index >= 15 is 0 Å². The van der Waals surface area contributed by atoms with Crippen LogP contribution in [0.2, 0.25) is 5.02 Å². The summed E-state index contributed by atoms with van der Waals surface area (Å²) in [5, 5.41) is 23.6. The Bertz CT molecular complexity index is 982. The van der Waals surface area contributed by atoms with Crippen LogP contribution in [-0.2, 0) is 17.9 Å². The highest BCUT2D eigenvalue weighted by atomic mass is 35.5. The van der Waals surface area contributed by atoms with Crippen LogP contribution >= 0.6 is 11.6 Å². The van der Waals surface area contributed by atoms with Gasteiger partial charge in [0.15, 0.2) is 0 Å². The van der Waals surface area contributed by atoms with Crippen LogP contribution in [0.3, 0.4) is 0 Å². The number of fused-ring (bicyclic) bond motifs is 1. The van der Waals surface area contributed by atoms with E-state index < -0.39 is 11.8 Å². The third-order valence-corrected chi connectivity index (χ3v) is 3.98. The summed E-state index contributed by atoms with van der Waals surface area (Å²) in [4.78, 5) is 10.8. The van der Waals surface area contributed by atoms with Gasteiger partial charge >= 0.3 is 5.97 Å². The molecule has 0 saturated carbocycles. The Balaban J connectivity index is 2.10. The van der Waals surface area contributed by atoms with Crippen molar-refractivity contribution in [2.24, 2.45) is 0 Å². The van der Waals surface area contributed by atoms with Gasteiger partial charge in [0.05, 0.1) is 24.4 Å². The van der Waals surface area contributed by atoms with Crippen LogP contribution in [0, 0.1) is 5.82 Å². The molecule has 0 aliphatic carbocycles. The number of nitrogens with zero attached hydrogens (tertiary/aromatic N) is 2. The van der Waals surface area contributed by atoms with Crippen LogP contribution in [0.25, 0.3) is 17.0 Å². The summed E-state index contributed by atoms with van der Waals surface area (Å²) in [6.45, 7) is 0.00597. The summed E-state index contributed by atoms with van der Waals surface area (Å²) < 4.78 is 15.7. The predicted molar refractivity (Wildman–Crippen MR) is 92.8 cm³/mol. The molecule has 2 aromatic carbocycles. The molecule has 0 spiro atoms. The van der Waals surface area contributed by atoms with Crippen molar-refractivity contribution in [2.75, 3.05) is 0 Å². The second-order valence-electron chi connectivity index (χ2n) is 5.46. The Labute approximate surface area is 147 Å². The van der Waals surface area contributed by atoms with Crippen molar-refractivity contribution >= 4 is 34.5 Å². The number of carboxylic acids is 1. The molecule has 5 nitrogen and oxygen atoms in total. The Morgan fingerprint density at radius 3 is 2.76 bits per heavy atom. The maximum absolute atomic E-state index is 14.1. The third kappa shape index (κ3) is 3.70. The van der Waals surface area contributed by atoms with Crippen molar-refractivity contribution in [3.63, 3.8) is 0 Å². The summed E-state index contributed by atoms with van der Waals surface area (Å²) in [6, 6.07) is 9.63. The van der Waals surface area contributed by atoms with Crippen LogP contribution in [0.5, 0.6) is 0 Å². The fourth-order valence-corrected chi connectivity index (χ4v) is 2.71. The first-order chi connectivity index (χ1) is 12.0. The molecule has 0 saturated heterocycles. The zero-order chi connectivity index (χ0) is 18.0. The standard InChI is InChI=1S/C18H14ClFN2O3/c19-13-3-2-12(15(20)8-13)9-22-17-7-11(10-23)1-4-14(17)16(21-22)5-6-18(24)25/h1-8,23H,9-10H2,(H,24,25)/b6-5+. The first-order valence-corrected chi connectivity index (χ1v) is 7.81. The molecule has 1 aromatic heterocycles. The molecule has 0 aliphatic rings. The van der Waals surface area contributed by atoms with Crippen LogP contribution in [0.15, 0.2) is 42.5 Å². The maximum Gasteiger partial charge on any atom is 0.328 e. The Kier molecular flexibility index (Phi) is 4.83.